The fourth-order valence-corrected chi connectivity index (χ4v) is 3.08. The summed E-state index contributed by atoms with van der Waals surface area (Å²) in [6, 6.07) is 3.02. The van der Waals surface area contributed by atoms with E-state index in [1.54, 1.807) is 6.07 Å². The number of anilines is 1. The predicted molar refractivity (Wildman–Crippen MR) is 68.8 cm³/mol. The number of hydrogen-bond donors (Lipinski definition) is 1. The van der Waals surface area contributed by atoms with Gasteiger partial charge < -0.3 is 10.2 Å². The van der Waals surface area contributed by atoms with Gasteiger partial charge in [0, 0.05) is 31.2 Å². The number of nitrogens with zero attached hydrogens (tertiary/aromatic N) is 3. The lowest BCUT2D eigenvalue weighted by atomic mass is 10.1. The number of hydrogen-bond acceptors (Lipinski definition) is 4. The van der Waals surface area contributed by atoms with Crippen molar-refractivity contribution >= 4 is 28.9 Å². The molecule has 1 aromatic rings. The van der Waals surface area contributed by atoms with E-state index in [9.17, 15) is 0 Å². The Kier molecular flexibility index (Phi) is 3.11. The average molecular weight is 273 g/mol. The van der Waals surface area contributed by atoms with Crippen LogP contribution in [0.2, 0.25) is 10.3 Å². The zero-order chi connectivity index (χ0) is 11.8. The molecule has 2 fully saturated rings. The van der Waals surface area contributed by atoms with Crippen molar-refractivity contribution in [3.63, 3.8) is 0 Å². The highest BCUT2D eigenvalue weighted by atomic mass is 35.5. The fraction of sp³-hybridized carbons (Fsp3) is 0.636. The Labute approximate surface area is 110 Å². The summed E-state index contributed by atoms with van der Waals surface area (Å²) in [4.78, 5) is 2.26. The summed E-state index contributed by atoms with van der Waals surface area (Å²) in [6.07, 6.45) is 3.68. The molecule has 2 aliphatic heterocycles. The van der Waals surface area contributed by atoms with E-state index in [4.69, 9.17) is 23.2 Å². The third-order valence-electron chi connectivity index (χ3n) is 3.56. The van der Waals surface area contributed by atoms with Crippen molar-refractivity contribution in [2.75, 3.05) is 18.0 Å². The van der Waals surface area contributed by atoms with Crippen LogP contribution in [0.1, 0.15) is 19.3 Å². The van der Waals surface area contributed by atoms with E-state index in [2.05, 4.69) is 20.4 Å². The lowest BCUT2D eigenvalue weighted by Gasteiger charge is -2.26. The second kappa shape index (κ2) is 4.59. The molecule has 0 radical (unpaired) electrons. The summed E-state index contributed by atoms with van der Waals surface area (Å²) >= 11 is 12.0. The van der Waals surface area contributed by atoms with E-state index in [1.807, 2.05) is 0 Å². The van der Waals surface area contributed by atoms with Crippen LogP contribution in [-0.4, -0.2) is 35.4 Å². The summed E-state index contributed by atoms with van der Waals surface area (Å²) in [5, 5.41) is 12.1. The van der Waals surface area contributed by atoms with Crippen molar-refractivity contribution in [3.05, 3.63) is 16.4 Å². The van der Waals surface area contributed by atoms with Gasteiger partial charge in [-0.25, -0.2) is 0 Å². The third-order valence-corrected chi connectivity index (χ3v) is 4.02. The summed E-state index contributed by atoms with van der Waals surface area (Å²) in [5.41, 5.74) is 0.904. The lowest BCUT2D eigenvalue weighted by molar-refractivity contribution is 0.563. The normalized spacial score (nSPS) is 28.2. The minimum absolute atomic E-state index is 0.395. The van der Waals surface area contributed by atoms with Crippen LogP contribution in [0, 0.1) is 0 Å². The van der Waals surface area contributed by atoms with Crippen LogP contribution in [0.3, 0.4) is 0 Å². The summed E-state index contributed by atoms with van der Waals surface area (Å²) in [5.74, 6) is 0. The summed E-state index contributed by atoms with van der Waals surface area (Å²) in [7, 11) is 0. The molecular formula is C11H14Cl2N4. The maximum atomic E-state index is 6.09. The maximum Gasteiger partial charge on any atom is 0.175 e. The van der Waals surface area contributed by atoms with E-state index < -0.39 is 0 Å². The average Bonchev–Trinajstić information content (AvgIpc) is 2.63. The van der Waals surface area contributed by atoms with E-state index >= 15 is 0 Å². The van der Waals surface area contributed by atoms with Gasteiger partial charge >= 0.3 is 0 Å². The maximum absolute atomic E-state index is 6.09. The van der Waals surface area contributed by atoms with Gasteiger partial charge in [-0.2, -0.15) is 0 Å². The molecule has 2 aliphatic rings. The van der Waals surface area contributed by atoms with Gasteiger partial charge in [-0.1, -0.05) is 23.2 Å². The minimum atomic E-state index is 0.395. The van der Waals surface area contributed by atoms with Gasteiger partial charge in [-0.15, -0.1) is 10.2 Å². The van der Waals surface area contributed by atoms with Crippen LogP contribution in [0.25, 0.3) is 0 Å². The second-order valence-electron chi connectivity index (χ2n) is 4.72. The highest BCUT2D eigenvalue weighted by Gasteiger charge is 2.30. The number of nitrogens with one attached hydrogen (secondary N) is 1. The zero-order valence-corrected chi connectivity index (χ0v) is 10.9. The van der Waals surface area contributed by atoms with E-state index in [0.717, 1.165) is 25.2 Å². The second-order valence-corrected chi connectivity index (χ2v) is 5.46. The summed E-state index contributed by atoms with van der Waals surface area (Å²) in [6.45, 7) is 1.97. The SMILES string of the molecule is Clc1cc(N2CCC3CCC(C2)N3)c(Cl)nn1. The van der Waals surface area contributed by atoms with Crippen LogP contribution >= 0.6 is 23.2 Å². The first kappa shape index (κ1) is 11.5. The Bertz CT molecular complexity index is 426. The molecule has 2 atom stereocenters. The molecule has 4 nitrogen and oxygen atoms in total. The monoisotopic (exact) mass is 272 g/mol. The van der Waals surface area contributed by atoms with E-state index in [1.165, 1.54) is 12.8 Å². The molecule has 0 aromatic carbocycles. The summed E-state index contributed by atoms with van der Waals surface area (Å²) < 4.78 is 0. The van der Waals surface area contributed by atoms with Gasteiger partial charge in [0.15, 0.2) is 10.3 Å². The molecule has 0 aliphatic carbocycles. The first-order valence-electron chi connectivity index (χ1n) is 5.92. The minimum Gasteiger partial charge on any atom is -0.367 e. The Hall–Kier alpha value is -0.580. The van der Waals surface area contributed by atoms with Crippen molar-refractivity contribution in [1.82, 2.24) is 15.5 Å². The number of halogens is 2. The zero-order valence-electron chi connectivity index (χ0n) is 9.37. The molecule has 3 heterocycles. The molecule has 2 unspecified atom stereocenters. The Balaban J connectivity index is 1.85. The topological polar surface area (TPSA) is 41.0 Å². The Morgan fingerprint density at radius 3 is 2.88 bits per heavy atom. The van der Waals surface area contributed by atoms with Gasteiger partial charge in [0.05, 0.1) is 5.69 Å². The highest BCUT2D eigenvalue weighted by Crippen LogP contribution is 2.29. The number of fused-ring (bicyclic) bond motifs is 2. The predicted octanol–water partition coefficient (Wildman–Crippen LogP) is 2.11. The standard InChI is InChI=1S/C11H14Cl2N4/c12-10-5-9(11(13)16-15-10)17-4-3-7-1-2-8(6-17)14-7/h5,7-8,14H,1-4,6H2. The third kappa shape index (κ3) is 2.34. The molecule has 0 amide bonds. The highest BCUT2D eigenvalue weighted by molar-refractivity contribution is 6.33. The largest absolute Gasteiger partial charge is 0.367 e. The molecule has 0 saturated carbocycles. The smallest absolute Gasteiger partial charge is 0.175 e. The molecule has 1 aromatic heterocycles. The van der Waals surface area contributed by atoms with Crippen LogP contribution in [0.5, 0.6) is 0 Å². The first-order valence-corrected chi connectivity index (χ1v) is 6.67. The van der Waals surface area contributed by atoms with Gasteiger partial charge in [0.1, 0.15) is 0 Å². The molecule has 0 spiro atoms. The molecular weight excluding hydrogens is 259 g/mol. The van der Waals surface area contributed by atoms with Gasteiger partial charge in [0.2, 0.25) is 0 Å². The van der Waals surface area contributed by atoms with Gasteiger partial charge in [-0.3, -0.25) is 0 Å². The lowest BCUT2D eigenvalue weighted by Crippen LogP contribution is -2.35. The van der Waals surface area contributed by atoms with E-state index in [-0.39, 0.29) is 0 Å². The molecule has 17 heavy (non-hydrogen) atoms. The Morgan fingerprint density at radius 1 is 1.18 bits per heavy atom. The number of rotatable bonds is 1. The van der Waals surface area contributed by atoms with Gasteiger partial charge in [0.25, 0.3) is 0 Å². The van der Waals surface area contributed by atoms with Crippen molar-refractivity contribution in [3.8, 4) is 0 Å². The molecule has 2 saturated heterocycles. The molecule has 6 heteroatoms. The van der Waals surface area contributed by atoms with Crippen molar-refractivity contribution in [1.29, 1.82) is 0 Å². The molecule has 2 bridgehead atoms. The van der Waals surface area contributed by atoms with Crippen molar-refractivity contribution in [2.24, 2.45) is 0 Å². The van der Waals surface area contributed by atoms with Crippen LogP contribution in [-0.2, 0) is 0 Å². The molecule has 3 rings (SSSR count). The van der Waals surface area contributed by atoms with Crippen LogP contribution in [0.15, 0.2) is 6.07 Å². The van der Waals surface area contributed by atoms with E-state index in [0.29, 0.717) is 22.4 Å². The van der Waals surface area contributed by atoms with Crippen molar-refractivity contribution < 1.29 is 0 Å². The fourth-order valence-electron chi connectivity index (χ4n) is 2.73. The molecule has 92 valence electrons. The van der Waals surface area contributed by atoms with Gasteiger partial charge in [-0.05, 0) is 19.3 Å². The van der Waals surface area contributed by atoms with Crippen LogP contribution < -0.4 is 10.2 Å². The quantitative estimate of drug-likeness (QED) is 0.851. The van der Waals surface area contributed by atoms with Crippen molar-refractivity contribution in [2.45, 2.75) is 31.3 Å². The number of aromatic nitrogens is 2. The first-order chi connectivity index (χ1) is 8.22. The Morgan fingerprint density at radius 2 is 2.00 bits per heavy atom. The van der Waals surface area contributed by atoms with Crippen LogP contribution in [0.4, 0.5) is 5.69 Å². The molecule has 1 N–H and O–H groups in total.